The number of aromatic nitrogens is 1. The van der Waals surface area contributed by atoms with Crippen molar-refractivity contribution < 1.29 is 13.9 Å². The molecule has 0 bridgehead atoms. The average molecular weight is 235 g/mol. The number of hydrogen-bond donors (Lipinski definition) is 0. The summed E-state index contributed by atoms with van der Waals surface area (Å²) in [5, 5.41) is 0. The number of hydrogen-bond acceptors (Lipinski definition) is 2. The van der Waals surface area contributed by atoms with E-state index in [1.54, 1.807) is 17.4 Å². The molecule has 0 aromatic carbocycles. The third kappa shape index (κ3) is 2.30. The highest BCUT2D eigenvalue weighted by Crippen LogP contribution is 2.19. The lowest BCUT2D eigenvalue weighted by Crippen LogP contribution is -2.08. The van der Waals surface area contributed by atoms with Crippen LogP contribution in [-0.2, 0) is 16.0 Å². The van der Waals surface area contributed by atoms with Crippen LogP contribution < -0.4 is 0 Å². The van der Waals surface area contributed by atoms with E-state index in [1.165, 1.54) is 12.3 Å². The number of nitrogens with zero attached hydrogens (tertiary/aromatic N) is 1. The minimum atomic E-state index is -0.296. The molecular weight excluding hydrogens is 221 g/mol. The highest BCUT2D eigenvalue weighted by Gasteiger charge is 2.12. The molecule has 0 aliphatic carbocycles. The zero-order valence-electron chi connectivity index (χ0n) is 9.87. The normalized spacial score (nSPS) is 10.8. The Morgan fingerprint density at radius 1 is 1.41 bits per heavy atom. The van der Waals surface area contributed by atoms with Gasteiger partial charge in [0, 0.05) is 17.9 Å². The van der Waals surface area contributed by atoms with Gasteiger partial charge >= 0.3 is 5.97 Å². The summed E-state index contributed by atoms with van der Waals surface area (Å²) in [4.78, 5) is 11.5. The van der Waals surface area contributed by atoms with Crippen molar-refractivity contribution in [2.24, 2.45) is 0 Å². The predicted octanol–water partition coefficient (Wildman–Crippen LogP) is 2.49. The maximum atomic E-state index is 13.0. The zero-order chi connectivity index (χ0) is 12.4. The van der Waals surface area contributed by atoms with E-state index in [0.29, 0.717) is 6.61 Å². The fourth-order valence-corrected chi connectivity index (χ4v) is 1.93. The monoisotopic (exact) mass is 235 g/mol. The van der Waals surface area contributed by atoms with Crippen LogP contribution in [0.25, 0.3) is 5.52 Å². The summed E-state index contributed by atoms with van der Waals surface area (Å²) in [6.07, 6.45) is 3.44. The van der Waals surface area contributed by atoms with E-state index in [2.05, 4.69) is 0 Å². The number of pyridine rings is 1. The molecule has 0 unspecified atom stereocenters. The van der Waals surface area contributed by atoms with Crippen molar-refractivity contribution in [1.82, 2.24) is 4.40 Å². The molecule has 0 fully saturated rings. The minimum absolute atomic E-state index is 0.224. The van der Waals surface area contributed by atoms with Crippen LogP contribution in [0, 0.1) is 12.7 Å². The smallest absolute Gasteiger partial charge is 0.310 e. The second kappa shape index (κ2) is 4.57. The summed E-state index contributed by atoms with van der Waals surface area (Å²) in [5.74, 6) is -0.553. The summed E-state index contributed by atoms with van der Waals surface area (Å²) in [6, 6.07) is 3.07. The fraction of sp³-hybridized carbons (Fsp3) is 0.308. The van der Waals surface area contributed by atoms with Crippen molar-refractivity contribution in [3.05, 3.63) is 41.5 Å². The summed E-state index contributed by atoms with van der Waals surface area (Å²) in [6.45, 7) is 4.05. The first-order valence-corrected chi connectivity index (χ1v) is 5.53. The summed E-state index contributed by atoms with van der Waals surface area (Å²) in [7, 11) is 0. The lowest BCUT2D eigenvalue weighted by molar-refractivity contribution is -0.142. The topological polar surface area (TPSA) is 30.7 Å². The van der Waals surface area contributed by atoms with Crippen LogP contribution in [-0.4, -0.2) is 17.0 Å². The Balaban J connectivity index is 2.39. The molecule has 0 amide bonds. The van der Waals surface area contributed by atoms with Gasteiger partial charge in [-0.05, 0) is 37.1 Å². The van der Waals surface area contributed by atoms with Crippen molar-refractivity contribution in [3.8, 4) is 0 Å². The third-order valence-corrected chi connectivity index (χ3v) is 2.69. The summed E-state index contributed by atoms with van der Waals surface area (Å²) < 4.78 is 19.7. The fourth-order valence-electron chi connectivity index (χ4n) is 1.93. The molecule has 2 heterocycles. The largest absolute Gasteiger partial charge is 0.466 e. The van der Waals surface area contributed by atoms with Gasteiger partial charge in [0.25, 0.3) is 0 Å². The Kier molecular flexibility index (Phi) is 3.13. The van der Waals surface area contributed by atoms with Crippen LogP contribution >= 0.6 is 0 Å². The molecule has 0 spiro atoms. The van der Waals surface area contributed by atoms with Gasteiger partial charge in [-0.2, -0.15) is 0 Å². The van der Waals surface area contributed by atoms with Gasteiger partial charge in [0.15, 0.2) is 0 Å². The number of rotatable bonds is 3. The molecule has 2 rings (SSSR count). The molecule has 0 aliphatic heterocycles. The van der Waals surface area contributed by atoms with Crippen LogP contribution in [0.3, 0.4) is 0 Å². The molecule has 4 heteroatoms. The van der Waals surface area contributed by atoms with Crippen LogP contribution in [0.5, 0.6) is 0 Å². The van der Waals surface area contributed by atoms with Gasteiger partial charge in [-0.3, -0.25) is 4.79 Å². The van der Waals surface area contributed by atoms with E-state index in [-0.39, 0.29) is 18.2 Å². The minimum Gasteiger partial charge on any atom is -0.466 e. The Labute approximate surface area is 98.8 Å². The number of carbonyl (C=O) groups is 1. The number of fused-ring (bicyclic) bond motifs is 1. The number of aryl methyl sites for hydroxylation is 1. The standard InChI is InChI=1S/C13H14FNO2/c1-3-17-13(16)6-11-9(2)7-15-8-10(14)4-5-12(11)15/h4-5,7-8H,3,6H2,1-2H3. The Morgan fingerprint density at radius 3 is 2.88 bits per heavy atom. The molecule has 90 valence electrons. The molecule has 0 aliphatic rings. The molecule has 0 saturated heterocycles. The summed E-state index contributed by atoms with van der Waals surface area (Å²) in [5.41, 5.74) is 2.70. The van der Waals surface area contributed by atoms with E-state index in [0.717, 1.165) is 16.6 Å². The van der Waals surface area contributed by atoms with Gasteiger partial charge in [-0.15, -0.1) is 0 Å². The number of halogens is 1. The van der Waals surface area contributed by atoms with Crippen LogP contribution in [0.2, 0.25) is 0 Å². The second-order valence-electron chi connectivity index (χ2n) is 3.91. The molecule has 17 heavy (non-hydrogen) atoms. The summed E-state index contributed by atoms with van der Waals surface area (Å²) >= 11 is 0. The Hall–Kier alpha value is -1.84. The van der Waals surface area contributed by atoms with Crippen molar-refractivity contribution >= 4 is 11.5 Å². The van der Waals surface area contributed by atoms with Crippen LogP contribution in [0.1, 0.15) is 18.1 Å². The van der Waals surface area contributed by atoms with Crippen LogP contribution in [0.4, 0.5) is 4.39 Å². The van der Waals surface area contributed by atoms with E-state index in [1.807, 2.05) is 13.1 Å². The van der Waals surface area contributed by atoms with Gasteiger partial charge < -0.3 is 9.14 Å². The number of esters is 1. The van der Waals surface area contributed by atoms with Crippen molar-refractivity contribution in [3.63, 3.8) is 0 Å². The first-order valence-electron chi connectivity index (χ1n) is 5.53. The van der Waals surface area contributed by atoms with Gasteiger partial charge in [-0.25, -0.2) is 4.39 Å². The predicted molar refractivity (Wildman–Crippen MR) is 62.4 cm³/mol. The Bertz CT molecular complexity index is 560. The van der Waals surface area contributed by atoms with Gasteiger partial charge in [0.05, 0.1) is 13.0 Å². The molecule has 0 radical (unpaired) electrons. The first kappa shape index (κ1) is 11.6. The lowest BCUT2D eigenvalue weighted by atomic mass is 10.1. The molecule has 0 atom stereocenters. The number of carbonyl (C=O) groups excluding carboxylic acids is 1. The third-order valence-electron chi connectivity index (χ3n) is 2.69. The van der Waals surface area contributed by atoms with Crippen molar-refractivity contribution in [2.45, 2.75) is 20.3 Å². The molecular formula is C13H14FNO2. The molecule has 2 aromatic heterocycles. The van der Waals surface area contributed by atoms with E-state index in [4.69, 9.17) is 4.74 Å². The van der Waals surface area contributed by atoms with Crippen molar-refractivity contribution in [1.29, 1.82) is 0 Å². The SMILES string of the molecule is CCOC(=O)Cc1c(C)cn2cc(F)ccc12. The van der Waals surface area contributed by atoms with Crippen LogP contribution in [0.15, 0.2) is 24.5 Å². The van der Waals surface area contributed by atoms with Crippen molar-refractivity contribution in [2.75, 3.05) is 6.61 Å². The van der Waals surface area contributed by atoms with E-state index >= 15 is 0 Å². The highest BCUT2D eigenvalue weighted by molar-refractivity contribution is 5.77. The van der Waals surface area contributed by atoms with Gasteiger partial charge in [-0.1, -0.05) is 0 Å². The van der Waals surface area contributed by atoms with E-state index in [9.17, 15) is 9.18 Å². The molecule has 0 saturated carbocycles. The zero-order valence-corrected chi connectivity index (χ0v) is 9.87. The average Bonchev–Trinajstić information content (AvgIpc) is 2.55. The van der Waals surface area contributed by atoms with Gasteiger partial charge in [0.1, 0.15) is 5.82 Å². The molecule has 0 N–H and O–H groups in total. The quantitative estimate of drug-likeness (QED) is 0.765. The second-order valence-corrected chi connectivity index (χ2v) is 3.91. The maximum absolute atomic E-state index is 13.0. The lowest BCUT2D eigenvalue weighted by Gasteiger charge is -2.02. The van der Waals surface area contributed by atoms with Gasteiger partial charge in [0.2, 0.25) is 0 Å². The highest BCUT2D eigenvalue weighted by atomic mass is 19.1. The molecule has 3 nitrogen and oxygen atoms in total. The first-order chi connectivity index (χ1) is 8.11. The van der Waals surface area contributed by atoms with E-state index < -0.39 is 0 Å². The Morgan fingerprint density at radius 2 is 2.18 bits per heavy atom. The number of ether oxygens (including phenoxy) is 1. The molecule has 2 aromatic rings. The maximum Gasteiger partial charge on any atom is 0.310 e.